The Bertz CT molecular complexity index is 2190. The number of aliphatic hydroxyl groups excluding tert-OH is 1. The Kier molecular flexibility index (Phi) is 23.0. The first-order valence-corrected chi connectivity index (χ1v) is 24.1. The number of phenols is 1. The number of aliphatic hydroxyl groups is 1. The zero-order valence-electron chi connectivity index (χ0n) is 39.8. The van der Waals surface area contributed by atoms with Crippen molar-refractivity contribution in [2.45, 2.75) is 94.6 Å². The first-order valence-electron chi connectivity index (χ1n) is 22.6. The Balaban J connectivity index is 1.66. The van der Waals surface area contributed by atoms with E-state index in [1.165, 1.54) is 54.3 Å². The molecule has 1 aliphatic heterocycles. The van der Waals surface area contributed by atoms with E-state index in [1.807, 2.05) is 21.1 Å². The summed E-state index contributed by atoms with van der Waals surface area (Å²) >= 11 is 0. The van der Waals surface area contributed by atoms with E-state index in [0.29, 0.717) is 42.4 Å². The molecule has 388 valence electrons. The van der Waals surface area contributed by atoms with Crippen molar-refractivity contribution in [1.82, 2.24) is 31.5 Å². The molecule has 1 fully saturated rings. The molecule has 0 aliphatic carbocycles. The highest BCUT2D eigenvalue weighted by Crippen LogP contribution is 2.44. The Morgan fingerprint density at radius 1 is 0.943 bits per heavy atom. The van der Waals surface area contributed by atoms with Crippen molar-refractivity contribution in [2.75, 3.05) is 60.5 Å². The monoisotopic (exact) mass is 1010 g/mol. The molecule has 7 atom stereocenters. The normalized spacial score (nSPS) is 16.7. The van der Waals surface area contributed by atoms with E-state index in [-0.39, 0.29) is 80.6 Å². The van der Waals surface area contributed by atoms with Gasteiger partial charge in [0.25, 0.3) is 0 Å². The van der Waals surface area contributed by atoms with Crippen LogP contribution in [0.3, 0.4) is 0 Å². The number of phosphoric acid groups is 1. The minimum Gasteiger partial charge on any atom is -0.506 e. The number of rotatable bonds is 29. The number of unbranched alkanes of at least 4 members (excludes halogenated alkanes) is 1. The molecule has 16 N–H and O–H groups in total. The fraction of sp³-hybridized carbons (Fsp3) is 0.558. The summed E-state index contributed by atoms with van der Waals surface area (Å²) in [5.74, 6) is -5.72. The van der Waals surface area contributed by atoms with Gasteiger partial charge < -0.3 is 73.0 Å². The van der Waals surface area contributed by atoms with Crippen molar-refractivity contribution in [3.8, 4) is 11.5 Å². The molecule has 5 amide bonds. The van der Waals surface area contributed by atoms with E-state index < -0.39 is 86.2 Å². The molecule has 3 rings (SSSR count). The van der Waals surface area contributed by atoms with Crippen LogP contribution in [-0.2, 0) is 44.3 Å². The predicted octanol–water partition coefficient (Wildman–Crippen LogP) is -0.701. The van der Waals surface area contributed by atoms with Gasteiger partial charge in [-0.3, -0.25) is 38.8 Å². The minimum absolute atomic E-state index is 0.00690. The number of nitrogens with two attached hydrogens (primary N) is 3. The zero-order valence-corrected chi connectivity index (χ0v) is 40.7. The Hall–Kier alpha value is -6.28. The lowest BCUT2D eigenvalue weighted by atomic mass is 10.0. The number of amides is 5. The molecule has 1 saturated heterocycles. The number of nitrogens with one attached hydrogen (secondary N) is 6. The van der Waals surface area contributed by atoms with Crippen molar-refractivity contribution in [1.29, 1.82) is 5.41 Å². The lowest BCUT2D eigenvalue weighted by molar-refractivity contribution is -0.870. The molecule has 1 unspecified atom stereocenters. The molecule has 0 saturated carbocycles. The maximum Gasteiger partial charge on any atom is 0.527 e. The molecule has 1 heterocycles. The van der Waals surface area contributed by atoms with Crippen molar-refractivity contribution < 1.29 is 67.1 Å². The Morgan fingerprint density at radius 3 is 2.26 bits per heavy atom. The highest BCUT2D eigenvalue weighted by Gasteiger charge is 2.39. The van der Waals surface area contributed by atoms with Gasteiger partial charge in [-0.05, 0) is 100 Å². The van der Waals surface area contributed by atoms with Gasteiger partial charge in [-0.25, -0.2) is 9.36 Å². The quantitative estimate of drug-likeness (QED) is 0.0120. The number of carbonyl (C=O) groups excluding carboxylic acids is 5. The standard InChI is InChI=1S/C43H68N13O13P/c1-26(57)37(45)40(62)52-31(9-5-6-18-44)41(63)55-20-8-11-34(55)39(61)51-30(10-7-19-48-43(46)47)38(60)49-25-36(59)50-33(42(64)65)24-27-12-17-35(58)32(23-27)54-53-28-13-15-29(16-14-28)69-70(66,67)68-22-21-56(2,3)4/h12-17,23,26,30-31,33-34,37,57H,5-11,18-22,24-25,44-45H2,1-4H3,(H10-,46,47,48,49,50,51,52,53,58,59,60,61,62,64,65,66,67)/p+1/t26-,30+,31+,33+,34+,37+/m1/s1. The fourth-order valence-electron chi connectivity index (χ4n) is 6.83. The number of likely N-dealkylation sites (tertiary alicyclic amines) is 1. The van der Waals surface area contributed by atoms with Crippen LogP contribution in [-0.4, -0.2) is 168 Å². The van der Waals surface area contributed by atoms with E-state index in [4.69, 9.17) is 31.7 Å². The van der Waals surface area contributed by atoms with Gasteiger partial charge in [0.15, 0.2) is 5.96 Å². The number of hydrogen-bond acceptors (Lipinski definition) is 16. The number of nitrogens with zero attached hydrogens (tertiary/aromatic N) is 4. The second-order valence-corrected chi connectivity index (χ2v) is 19.0. The number of carboxylic acid groups (broad SMARTS) is 1. The Labute approximate surface area is 405 Å². The molecule has 2 aromatic carbocycles. The SMILES string of the molecule is C[C@@H](O)[C@H](N)C(=O)N[C@@H](CCCCN)C(=O)N1CCC[C@H]1C(=O)N[C@@H](CCCNC(=N)N)C(=O)NCC(=O)N[C@@H](Cc1ccc(O)c(/N=N/c2ccc(OP(=O)(O)OCC[N+](C)(C)C)cc2)c1)C(=O)O. The molecule has 0 radical (unpaired) electrons. The number of hydrogen-bond donors (Lipinski definition) is 13. The lowest BCUT2D eigenvalue weighted by Crippen LogP contribution is -2.58. The summed E-state index contributed by atoms with van der Waals surface area (Å²) in [6.45, 7) is 1.73. The topological polar surface area (TPSA) is 409 Å². The summed E-state index contributed by atoms with van der Waals surface area (Å²) < 4.78 is 23.0. The number of aliphatic carboxylic acids is 1. The number of azo groups is 1. The molecule has 26 nitrogen and oxygen atoms in total. The van der Waals surface area contributed by atoms with E-state index >= 15 is 0 Å². The van der Waals surface area contributed by atoms with Crippen LogP contribution in [0.1, 0.15) is 57.4 Å². The number of guanidine groups is 1. The maximum absolute atomic E-state index is 13.9. The average molecular weight is 1010 g/mol. The largest absolute Gasteiger partial charge is 0.527 e. The molecule has 70 heavy (non-hydrogen) atoms. The smallest absolute Gasteiger partial charge is 0.506 e. The van der Waals surface area contributed by atoms with Gasteiger partial charge in [-0.15, -0.1) is 5.11 Å². The second-order valence-electron chi connectivity index (χ2n) is 17.6. The summed E-state index contributed by atoms with van der Waals surface area (Å²) in [5.41, 5.74) is 17.4. The Morgan fingerprint density at radius 2 is 1.63 bits per heavy atom. The van der Waals surface area contributed by atoms with Crippen molar-refractivity contribution in [2.24, 2.45) is 27.4 Å². The number of carbonyl (C=O) groups is 6. The number of aromatic hydroxyl groups is 1. The highest BCUT2D eigenvalue weighted by atomic mass is 31.2. The molecule has 0 spiro atoms. The molecular formula is C43H69N13O13P+. The number of phenolic OH excluding ortho intramolecular Hbond substituents is 1. The summed E-state index contributed by atoms with van der Waals surface area (Å²) in [4.78, 5) is 90.7. The summed E-state index contributed by atoms with van der Waals surface area (Å²) in [6, 6.07) is 3.42. The van der Waals surface area contributed by atoms with Crippen LogP contribution in [0.15, 0.2) is 52.7 Å². The number of benzene rings is 2. The van der Waals surface area contributed by atoms with E-state index in [1.54, 1.807) is 0 Å². The third kappa shape index (κ3) is 20.4. The van der Waals surface area contributed by atoms with Gasteiger partial charge in [0, 0.05) is 19.5 Å². The van der Waals surface area contributed by atoms with Crippen molar-refractivity contribution in [3.63, 3.8) is 0 Å². The summed E-state index contributed by atoms with van der Waals surface area (Å²) in [6.07, 6.45) is 0.589. The number of phosphoric ester groups is 1. The first-order chi connectivity index (χ1) is 32.9. The van der Waals surface area contributed by atoms with Crippen molar-refractivity contribution >= 4 is 60.7 Å². The average Bonchev–Trinajstić information content (AvgIpc) is 3.78. The molecule has 0 bridgehead atoms. The van der Waals surface area contributed by atoms with Crippen LogP contribution in [0.2, 0.25) is 0 Å². The van der Waals surface area contributed by atoms with E-state index in [0.717, 1.165) is 0 Å². The molecule has 1 aliphatic rings. The van der Waals surface area contributed by atoms with Gasteiger partial charge in [0.2, 0.25) is 29.5 Å². The summed E-state index contributed by atoms with van der Waals surface area (Å²) in [5, 5.41) is 58.4. The van der Waals surface area contributed by atoms with Crippen molar-refractivity contribution in [3.05, 3.63) is 48.0 Å². The maximum atomic E-state index is 13.9. The second kappa shape index (κ2) is 27.8. The van der Waals surface area contributed by atoms with Gasteiger partial charge >= 0.3 is 13.8 Å². The molecule has 0 aromatic heterocycles. The van der Waals surface area contributed by atoms with E-state index in [9.17, 15) is 53.5 Å². The van der Waals surface area contributed by atoms with Crippen LogP contribution < -0.4 is 48.3 Å². The number of carboxylic acids is 1. The van der Waals surface area contributed by atoms with Gasteiger partial charge in [-0.1, -0.05) is 6.07 Å². The van der Waals surface area contributed by atoms with Crippen LogP contribution in [0, 0.1) is 5.41 Å². The third-order valence-electron chi connectivity index (χ3n) is 10.7. The van der Waals surface area contributed by atoms with Crippen LogP contribution >= 0.6 is 7.82 Å². The summed E-state index contributed by atoms with van der Waals surface area (Å²) in [7, 11) is 1.29. The van der Waals surface area contributed by atoms with Gasteiger partial charge in [-0.2, -0.15) is 5.11 Å². The molecule has 2 aromatic rings. The number of likely N-dealkylation sites (N-methyl/N-ethyl adjacent to an activating group) is 1. The van der Waals surface area contributed by atoms with Crippen LogP contribution in [0.5, 0.6) is 11.5 Å². The molecular weight excluding hydrogens is 938 g/mol. The zero-order chi connectivity index (χ0) is 52.2. The predicted molar refractivity (Wildman–Crippen MR) is 255 cm³/mol. The first kappa shape index (κ1) is 58.0. The van der Waals surface area contributed by atoms with Gasteiger partial charge in [0.1, 0.15) is 60.5 Å². The fourth-order valence-corrected chi connectivity index (χ4v) is 7.58. The van der Waals surface area contributed by atoms with Gasteiger partial charge in [0.05, 0.1) is 39.5 Å². The minimum atomic E-state index is -4.40. The van der Waals surface area contributed by atoms with E-state index in [2.05, 4.69) is 36.8 Å². The molecule has 27 heteroatoms. The van der Waals surface area contributed by atoms with Crippen LogP contribution in [0.25, 0.3) is 0 Å². The third-order valence-corrected chi connectivity index (χ3v) is 11.7. The number of quaternary nitrogens is 1. The lowest BCUT2D eigenvalue weighted by Gasteiger charge is -2.30. The highest BCUT2D eigenvalue weighted by molar-refractivity contribution is 7.47. The van der Waals surface area contributed by atoms with Crippen LogP contribution in [0.4, 0.5) is 11.4 Å².